The van der Waals surface area contributed by atoms with Crippen LogP contribution in [0.25, 0.3) is 6.08 Å². The Morgan fingerprint density at radius 3 is 2.51 bits per heavy atom. The number of rotatable bonds is 3. The Hall–Kier alpha value is -3.39. The zero-order chi connectivity index (χ0) is 32.6. The summed E-state index contributed by atoms with van der Waals surface area (Å²) in [5, 5.41) is 4.47. The van der Waals surface area contributed by atoms with Crippen LogP contribution >= 0.6 is 11.9 Å². The van der Waals surface area contributed by atoms with Crippen molar-refractivity contribution >= 4 is 35.6 Å². The number of carbonyl (C=O) groups is 1. The molecule has 0 spiro atoms. The zero-order valence-electron chi connectivity index (χ0n) is 28.4. The fourth-order valence-corrected chi connectivity index (χ4v) is 6.90. The highest BCUT2D eigenvalue weighted by Gasteiger charge is 2.43. The van der Waals surface area contributed by atoms with Crippen LogP contribution in [-0.4, -0.2) is 39.0 Å². The summed E-state index contributed by atoms with van der Waals surface area (Å²) < 4.78 is 3.05. The molecule has 240 valence electrons. The summed E-state index contributed by atoms with van der Waals surface area (Å²) in [5.41, 5.74) is 3.61. The van der Waals surface area contributed by atoms with E-state index in [1.807, 2.05) is 36.5 Å². The van der Waals surface area contributed by atoms with Gasteiger partial charge in [-0.25, -0.2) is 9.97 Å². The maximum absolute atomic E-state index is 13.7. The standard InChI is InChI=1S/C37H50N6OS/c1-24-19-28(20-27-14-13-25(22-38-27)17-18-35(2,3)4)39-31-11-10-12-32(41-31)45-42-34(44)29-15-16-30(36(5,6)7)40-33(29)43-23-26(24)21-37(43,8)9/h10-18,22,24,26,28H,19-21,23H2,1-9H3,(H,39,41)(H,42,44)/b18-17+/t24-,26-,28?/m0/s1. The molecule has 1 saturated heterocycles. The molecule has 3 aromatic heterocycles. The number of aromatic nitrogens is 3. The minimum atomic E-state index is -0.157. The number of nitrogens with zero attached hydrogens (tertiary/aromatic N) is 4. The lowest BCUT2D eigenvalue weighted by atomic mass is 9.83. The quantitative estimate of drug-likeness (QED) is 0.283. The number of amides is 1. The minimum absolute atomic E-state index is 0.128. The lowest BCUT2D eigenvalue weighted by molar-refractivity contribution is 0.0984. The van der Waals surface area contributed by atoms with Crippen LogP contribution in [0.3, 0.4) is 0 Å². The van der Waals surface area contributed by atoms with E-state index in [-0.39, 0.29) is 28.3 Å². The van der Waals surface area contributed by atoms with Gasteiger partial charge >= 0.3 is 0 Å². The average molecular weight is 627 g/mol. The molecular weight excluding hydrogens is 577 g/mol. The molecule has 1 fully saturated rings. The normalized spacial score (nSPS) is 22.3. The molecule has 1 amide bonds. The molecule has 7 nitrogen and oxygen atoms in total. The second-order valence-corrected chi connectivity index (χ2v) is 16.5. The molecule has 5 rings (SSSR count). The first-order valence-corrected chi connectivity index (χ1v) is 17.0. The number of allylic oxidation sites excluding steroid dienone is 1. The third-order valence-electron chi connectivity index (χ3n) is 8.92. The van der Waals surface area contributed by atoms with E-state index in [1.54, 1.807) is 0 Å². The van der Waals surface area contributed by atoms with Crippen LogP contribution in [0.1, 0.15) is 102 Å². The summed E-state index contributed by atoms with van der Waals surface area (Å²) in [7, 11) is 0. The van der Waals surface area contributed by atoms with Crippen molar-refractivity contribution in [3.63, 3.8) is 0 Å². The zero-order valence-corrected chi connectivity index (χ0v) is 29.3. The van der Waals surface area contributed by atoms with Gasteiger partial charge in [0.15, 0.2) is 0 Å². The van der Waals surface area contributed by atoms with Crippen molar-refractivity contribution < 1.29 is 4.79 Å². The van der Waals surface area contributed by atoms with Crippen molar-refractivity contribution in [3.05, 3.63) is 77.3 Å². The van der Waals surface area contributed by atoms with E-state index in [0.717, 1.165) is 59.4 Å². The number of hydrogen-bond acceptors (Lipinski definition) is 7. The van der Waals surface area contributed by atoms with Crippen molar-refractivity contribution in [1.29, 1.82) is 0 Å². The third kappa shape index (κ3) is 8.26. The van der Waals surface area contributed by atoms with E-state index in [0.29, 0.717) is 17.4 Å². The van der Waals surface area contributed by atoms with Gasteiger partial charge in [-0.1, -0.05) is 72.8 Å². The Morgan fingerprint density at radius 2 is 1.82 bits per heavy atom. The van der Waals surface area contributed by atoms with Crippen molar-refractivity contribution in [2.45, 2.75) is 104 Å². The van der Waals surface area contributed by atoms with Crippen molar-refractivity contribution in [1.82, 2.24) is 19.7 Å². The van der Waals surface area contributed by atoms with Crippen LogP contribution in [0.4, 0.5) is 11.6 Å². The van der Waals surface area contributed by atoms with Crippen molar-refractivity contribution in [3.8, 4) is 0 Å². The lowest BCUT2D eigenvalue weighted by Crippen LogP contribution is -2.40. The van der Waals surface area contributed by atoms with Crippen molar-refractivity contribution in [2.75, 3.05) is 16.8 Å². The number of hydrogen-bond donors (Lipinski definition) is 2. The van der Waals surface area contributed by atoms with E-state index < -0.39 is 0 Å². The molecule has 45 heavy (non-hydrogen) atoms. The number of fused-ring (bicyclic) bond motifs is 6. The average Bonchev–Trinajstić information content (AvgIpc) is 3.29. The summed E-state index contributed by atoms with van der Waals surface area (Å²) in [6, 6.07) is 14.3. The molecule has 2 aliphatic rings. The summed E-state index contributed by atoms with van der Waals surface area (Å²) in [4.78, 5) is 30.9. The highest BCUT2D eigenvalue weighted by Crippen LogP contribution is 2.42. The van der Waals surface area contributed by atoms with Gasteiger partial charge in [0.2, 0.25) is 0 Å². The van der Waals surface area contributed by atoms with Gasteiger partial charge in [-0.3, -0.25) is 14.5 Å². The topological polar surface area (TPSA) is 83.0 Å². The van der Waals surface area contributed by atoms with Crippen LogP contribution in [0, 0.1) is 17.3 Å². The summed E-state index contributed by atoms with van der Waals surface area (Å²) >= 11 is 1.24. The van der Waals surface area contributed by atoms with Crippen molar-refractivity contribution in [2.24, 2.45) is 17.3 Å². The van der Waals surface area contributed by atoms with Gasteiger partial charge in [0.25, 0.3) is 5.91 Å². The molecule has 0 saturated carbocycles. The van der Waals surface area contributed by atoms with E-state index in [4.69, 9.17) is 15.0 Å². The number of carbonyl (C=O) groups excluding carboxylic acids is 1. The highest BCUT2D eigenvalue weighted by atomic mass is 32.2. The second kappa shape index (κ2) is 12.8. The molecule has 2 aliphatic heterocycles. The predicted molar refractivity (Wildman–Crippen MR) is 188 cm³/mol. The molecule has 2 N–H and O–H groups in total. The van der Waals surface area contributed by atoms with E-state index in [1.165, 1.54) is 11.9 Å². The maximum Gasteiger partial charge on any atom is 0.265 e. The van der Waals surface area contributed by atoms with Gasteiger partial charge in [0.05, 0.1) is 5.56 Å². The van der Waals surface area contributed by atoms with Gasteiger partial charge in [-0.15, -0.1) is 0 Å². The van der Waals surface area contributed by atoms with Gasteiger partial charge in [0, 0.05) is 59.5 Å². The molecule has 5 heterocycles. The van der Waals surface area contributed by atoms with E-state index >= 15 is 0 Å². The lowest BCUT2D eigenvalue weighted by Gasteiger charge is -2.34. The molecule has 0 radical (unpaired) electrons. The largest absolute Gasteiger partial charge is 0.367 e. The Labute approximate surface area is 274 Å². The summed E-state index contributed by atoms with van der Waals surface area (Å²) in [6.45, 7) is 20.9. The Morgan fingerprint density at radius 1 is 1.04 bits per heavy atom. The molecule has 4 bridgehead atoms. The molecule has 8 heteroatoms. The predicted octanol–water partition coefficient (Wildman–Crippen LogP) is 8.33. The first-order valence-electron chi connectivity index (χ1n) is 16.2. The van der Waals surface area contributed by atoms with Gasteiger partial charge in [-0.05, 0) is 79.8 Å². The monoisotopic (exact) mass is 626 g/mol. The maximum atomic E-state index is 13.7. The first kappa shape index (κ1) is 33.0. The molecule has 3 aromatic rings. The van der Waals surface area contributed by atoms with Gasteiger partial charge in [0.1, 0.15) is 16.7 Å². The van der Waals surface area contributed by atoms with Crippen LogP contribution in [-0.2, 0) is 11.8 Å². The highest BCUT2D eigenvalue weighted by molar-refractivity contribution is 7.97. The number of pyridine rings is 3. The Kier molecular flexibility index (Phi) is 9.37. The van der Waals surface area contributed by atoms with Crippen LogP contribution in [0.5, 0.6) is 0 Å². The minimum Gasteiger partial charge on any atom is -0.367 e. The molecular formula is C37H50N6OS. The first-order chi connectivity index (χ1) is 21.1. The number of nitrogens with one attached hydrogen (secondary N) is 2. The Bertz CT molecular complexity index is 1540. The van der Waals surface area contributed by atoms with Gasteiger partial charge < -0.3 is 10.2 Å². The van der Waals surface area contributed by atoms with E-state index in [9.17, 15) is 4.79 Å². The van der Waals surface area contributed by atoms with Crippen LogP contribution < -0.4 is 14.9 Å². The molecule has 0 aromatic carbocycles. The Balaban J connectivity index is 1.48. The van der Waals surface area contributed by atoms with Crippen LogP contribution in [0.15, 0.2) is 59.8 Å². The number of anilines is 2. The fraction of sp³-hybridized carbons (Fsp3) is 0.514. The molecule has 0 aliphatic carbocycles. The smallest absolute Gasteiger partial charge is 0.265 e. The molecule has 1 unspecified atom stereocenters. The molecule has 3 atom stereocenters. The third-order valence-corrected chi connectivity index (χ3v) is 9.64. The van der Waals surface area contributed by atoms with Gasteiger partial charge in [-0.2, -0.15) is 0 Å². The summed E-state index contributed by atoms with van der Waals surface area (Å²) in [6.07, 6.45) is 9.13. The second-order valence-electron chi connectivity index (χ2n) is 15.6. The SMILES string of the molecule is C[C@H]1CC(Cc2ccc(/C=C/C(C)(C)C)cn2)Nc2cccc(n2)SNC(=O)c2ccc(C(C)(C)C)nc2N2C[C@@H]1CC2(C)C. The fourth-order valence-electron chi connectivity index (χ4n) is 6.30. The van der Waals surface area contributed by atoms with Crippen LogP contribution in [0.2, 0.25) is 0 Å². The summed E-state index contributed by atoms with van der Waals surface area (Å²) in [5.74, 6) is 2.28. The van der Waals surface area contributed by atoms with E-state index in [2.05, 4.69) is 102 Å².